The molecule has 0 saturated carbocycles. The third kappa shape index (κ3) is 4.75. The number of para-hydroxylation sites is 1. The van der Waals surface area contributed by atoms with Gasteiger partial charge < -0.3 is 15.2 Å². The van der Waals surface area contributed by atoms with Crippen LogP contribution >= 0.6 is 0 Å². The van der Waals surface area contributed by atoms with E-state index in [-0.39, 0.29) is 12.4 Å². The van der Waals surface area contributed by atoms with Crippen molar-refractivity contribution in [3.05, 3.63) is 30.3 Å². The summed E-state index contributed by atoms with van der Waals surface area (Å²) < 4.78 is 31.7. The topological polar surface area (TPSA) is 87.7 Å². The Kier molecular flexibility index (Phi) is 5.36. The highest BCUT2D eigenvalue weighted by atomic mass is 32.2. The molecule has 1 heterocycles. The van der Waals surface area contributed by atoms with E-state index in [4.69, 9.17) is 4.74 Å². The Balaban J connectivity index is 1.79. The van der Waals surface area contributed by atoms with Crippen molar-refractivity contribution < 1.29 is 18.3 Å². The molecule has 0 spiro atoms. The molecule has 1 aliphatic heterocycles. The molecule has 1 aromatic carbocycles. The summed E-state index contributed by atoms with van der Waals surface area (Å²) in [4.78, 5) is 0. The predicted octanol–water partition coefficient (Wildman–Crippen LogP) is -0.292. The van der Waals surface area contributed by atoms with Crippen molar-refractivity contribution in [3.63, 3.8) is 0 Å². The Morgan fingerprint density at radius 1 is 1.35 bits per heavy atom. The third-order valence-electron chi connectivity index (χ3n) is 3.14. The second kappa shape index (κ2) is 7.03. The molecule has 2 atom stereocenters. The average molecular weight is 300 g/mol. The molecule has 1 aromatic rings. The van der Waals surface area contributed by atoms with Crippen LogP contribution in [0, 0.1) is 0 Å². The summed E-state index contributed by atoms with van der Waals surface area (Å²) in [5, 5.41) is 12.7. The van der Waals surface area contributed by atoms with E-state index in [0.29, 0.717) is 25.3 Å². The van der Waals surface area contributed by atoms with Crippen LogP contribution in [0.3, 0.4) is 0 Å². The fourth-order valence-electron chi connectivity index (χ4n) is 2.06. The quantitative estimate of drug-likeness (QED) is 0.672. The molecule has 1 fully saturated rings. The monoisotopic (exact) mass is 300 g/mol. The molecule has 20 heavy (non-hydrogen) atoms. The maximum Gasteiger partial charge on any atom is 0.215 e. The van der Waals surface area contributed by atoms with Crippen LogP contribution in [-0.4, -0.2) is 51.1 Å². The number of β-amino-alcohol motifs (C(OH)–C–C–N with tert-alkyl or cyclic N) is 1. The fraction of sp³-hybridized carbons (Fsp3) is 0.538. The average Bonchev–Trinajstić information content (AvgIpc) is 2.42. The number of aliphatic hydroxyl groups excluding tert-OH is 1. The van der Waals surface area contributed by atoms with E-state index in [1.807, 2.05) is 18.2 Å². The summed E-state index contributed by atoms with van der Waals surface area (Å²) in [5.41, 5.74) is 0. The number of nitrogens with one attached hydrogen (secondary N) is 2. The van der Waals surface area contributed by atoms with E-state index in [1.165, 1.54) is 0 Å². The van der Waals surface area contributed by atoms with E-state index in [2.05, 4.69) is 10.0 Å². The molecule has 1 aliphatic rings. The van der Waals surface area contributed by atoms with Crippen LogP contribution in [0.1, 0.15) is 6.42 Å². The highest BCUT2D eigenvalue weighted by Gasteiger charge is 2.26. The highest BCUT2D eigenvalue weighted by molar-refractivity contribution is 7.89. The van der Waals surface area contributed by atoms with Crippen LogP contribution in [0.25, 0.3) is 0 Å². The molecule has 7 heteroatoms. The Labute approximate surface area is 119 Å². The van der Waals surface area contributed by atoms with Crippen molar-refractivity contribution in [2.24, 2.45) is 0 Å². The van der Waals surface area contributed by atoms with E-state index in [0.717, 1.165) is 0 Å². The molecule has 112 valence electrons. The normalized spacial score (nSPS) is 23.4. The molecule has 0 unspecified atom stereocenters. The van der Waals surface area contributed by atoms with E-state index in [1.54, 1.807) is 12.1 Å². The summed E-state index contributed by atoms with van der Waals surface area (Å²) in [6, 6.07) is 8.65. The highest BCUT2D eigenvalue weighted by Crippen LogP contribution is 2.09. The number of hydrogen-bond acceptors (Lipinski definition) is 5. The molecule has 1 saturated heterocycles. The lowest BCUT2D eigenvalue weighted by Gasteiger charge is -2.28. The van der Waals surface area contributed by atoms with Crippen molar-refractivity contribution >= 4 is 10.0 Å². The number of rotatable bonds is 6. The van der Waals surface area contributed by atoms with E-state index < -0.39 is 22.2 Å². The molecule has 3 N–H and O–H groups in total. The van der Waals surface area contributed by atoms with Gasteiger partial charge in [-0.25, -0.2) is 13.1 Å². The summed E-state index contributed by atoms with van der Waals surface area (Å²) in [6.45, 7) is 1.19. The maximum absolute atomic E-state index is 11.9. The first-order chi connectivity index (χ1) is 9.57. The SMILES string of the molecule is O=S(=O)(CCOc1ccccc1)N[C@@H]1CCNC[C@H]1O. The number of benzene rings is 1. The standard InChI is InChI=1S/C13H20N2O4S/c16-13-10-14-7-6-12(13)15-20(17,18)9-8-19-11-4-2-1-3-5-11/h1-5,12-16H,6-10H2/t12-,13-/m1/s1. The lowest BCUT2D eigenvalue weighted by Crippen LogP contribution is -2.53. The predicted molar refractivity (Wildman–Crippen MR) is 76.1 cm³/mol. The maximum atomic E-state index is 11.9. The van der Waals surface area contributed by atoms with Crippen molar-refractivity contribution in [1.82, 2.24) is 10.0 Å². The van der Waals surface area contributed by atoms with Gasteiger partial charge in [0, 0.05) is 6.54 Å². The lowest BCUT2D eigenvalue weighted by atomic mass is 10.1. The van der Waals surface area contributed by atoms with Gasteiger partial charge in [-0.05, 0) is 25.1 Å². The Hall–Kier alpha value is -1.15. The van der Waals surface area contributed by atoms with Gasteiger partial charge in [0.25, 0.3) is 0 Å². The number of sulfonamides is 1. The van der Waals surface area contributed by atoms with Crippen LogP contribution in [-0.2, 0) is 10.0 Å². The molecule has 0 aliphatic carbocycles. The minimum absolute atomic E-state index is 0.0837. The zero-order valence-electron chi connectivity index (χ0n) is 11.2. The van der Waals surface area contributed by atoms with Gasteiger partial charge in [0.1, 0.15) is 12.4 Å². The van der Waals surface area contributed by atoms with Crippen molar-refractivity contribution in [1.29, 1.82) is 0 Å². The smallest absolute Gasteiger partial charge is 0.215 e. The molecule has 0 aromatic heterocycles. The number of aliphatic hydroxyl groups is 1. The van der Waals surface area contributed by atoms with Gasteiger partial charge in [-0.1, -0.05) is 18.2 Å². The largest absolute Gasteiger partial charge is 0.492 e. The second-order valence-electron chi connectivity index (χ2n) is 4.76. The molecular weight excluding hydrogens is 280 g/mol. The van der Waals surface area contributed by atoms with Gasteiger partial charge in [-0.2, -0.15) is 0 Å². The summed E-state index contributed by atoms with van der Waals surface area (Å²) in [6.07, 6.45) is -0.103. The second-order valence-corrected chi connectivity index (χ2v) is 6.64. The van der Waals surface area contributed by atoms with Crippen molar-refractivity contribution in [2.75, 3.05) is 25.4 Å². The lowest BCUT2D eigenvalue weighted by molar-refractivity contribution is 0.113. The van der Waals surface area contributed by atoms with Gasteiger partial charge in [-0.15, -0.1) is 0 Å². The number of ether oxygens (including phenoxy) is 1. The molecular formula is C13H20N2O4S. The van der Waals surface area contributed by atoms with Crippen molar-refractivity contribution in [3.8, 4) is 5.75 Å². The summed E-state index contributed by atoms with van der Waals surface area (Å²) >= 11 is 0. The first kappa shape index (κ1) is 15.2. The molecule has 0 amide bonds. The van der Waals surface area contributed by atoms with Crippen molar-refractivity contribution in [2.45, 2.75) is 18.6 Å². The van der Waals surface area contributed by atoms with Crippen LogP contribution in [0.15, 0.2) is 30.3 Å². The van der Waals surface area contributed by atoms with Crippen LogP contribution in [0.5, 0.6) is 5.75 Å². The Bertz CT molecular complexity index is 506. The first-order valence-corrected chi connectivity index (χ1v) is 8.29. The summed E-state index contributed by atoms with van der Waals surface area (Å²) in [7, 11) is -3.45. The molecule has 0 bridgehead atoms. The van der Waals surface area contributed by atoms with Crippen LogP contribution < -0.4 is 14.8 Å². The van der Waals surface area contributed by atoms with Gasteiger partial charge in [0.2, 0.25) is 10.0 Å². The molecule has 2 rings (SSSR count). The molecule has 0 radical (unpaired) electrons. The zero-order valence-corrected chi connectivity index (χ0v) is 12.0. The Morgan fingerprint density at radius 3 is 2.80 bits per heavy atom. The number of piperidine rings is 1. The van der Waals surface area contributed by atoms with E-state index in [9.17, 15) is 13.5 Å². The minimum atomic E-state index is -3.45. The van der Waals surface area contributed by atoms with Gasteiger partial charge in [-0.3, -0.25) is 0 Å². The first-order valence-electron chi connectivity index (χ1n) is 6.63. The van der Waals surface area contributed by atoms with E-state index >= 15 is 0 Å². The number of hydrogen-bond donors (Lipinski definition) is 3. The van der Waals surface area contributed by atoms with Gasteiger partial charge in [0.05, 0.1) is 17.9 Å². The van der Waals surface area contributed by atoms with Gasteiger partial charge in [0.15, 0.2) is 0 Å². The van der Waals surface area contributed by atoms with Gasteiger partial charge >= 0.3 is 0 Å². The van der Waals surface area contributed by atoms with Crippen LogP contribution in [0.4, 0.5) is 0 Å². The minimum Gasteiger partial charge on any atom is -0.492 e. The fourth-order valence-corrected chi connectivity index (χ4v) is 3.21. The molecule has 6 nitrogen and oxygen atoms in total. The zero-order chi connectivity index (χ0) is 14.4. The van der Waals surface area contributed by atoms with Crippen LogP contribution in [0.2, 0.25) is 0 Å². The Morgan fingerprint density at radius 2 is 2.10 bits per heavy atom. The third-order valence-corrected chi connectivity index (χ3v) is 4.51. The summed E-state index contributed by atoms with van der Waals surface area (Å²) in [5.74, 6) is 0.517.